The van der Waals surface area contributed by atoms with Crippen LogP contribution in [0.15, 0.2) is 12.1 Å². The topological polar surface area (TPSA) is 72.1 Å². The van der Waals surface area contributed by atoms with Crippen molar-refractivity contribution in [3.63, 3.8) is 0 Å². The van der Waals surface area contributed by atoms with Gasteiger partial charge in [0.15, 0.2) is 11.5 Å². The number of nitrogens with one attached hydrogen (secondary N) is 2. The van der Waals surface area contributed by atoms with Crippen LogP contribution in [-0.2, 0) is 4.74 Å². The van der Waals surface area contributed by atoms with E-state index >= 15 is 0 Å². The minimum atomic E-state index is -0.467. The summed E-state index contributed by atoms with van der Waals surface area (Å²) in [4.78, 5) is 14.1. The molecule has 144 valence electrons. The van der Waals surface area contributed by atoms with Crippen molar-refractivity contribution < 1.29 is 19.0 Å². The molecular formula is C19H29N3O4. The summed E-state index contributed by atoms with van der Waals surface area (Å²) in [5, 5.41) is 7.17. The van der Waals surface area contributed by atoms with Gasteiger partial charge in [0.2, 0.25) is 0 Å². The number of hydrogen-bond donors (Lipinski definition) is 2. The standard InChI is InChI=1S/C19H29N3O4/c1-18(2,3)26-17(23)22-8-6-19(7-9-22)12-20-13-10-15(24-4)16(25-5)11-14(13)21-19/h10-11,20-21H,6-9,12H2,1-5H3. The summed E-state index contributed by atoms with van der Waals surface area (Å²) in [7, 11) is 3.27. The number of hydrogen-bond acceptors (Lipinski definition) is 6. The Kier molecular flexibility index (Phi) is 4.82. The summed E-state index contributed by atoms with van der Waals surface area (Å²) < 4.78 is 16.3. The second kappa shape index (κ2) is 6.78. The first-order valence-electron chi connectivity index (χ1n) is 9.01. The van der Waals surface area contributed by atoms with Gasteiger partial charge in [0.25, 0.3) is 0 Å². The molecular weight excluding hydrogens is 334 g/mol. The second-order valence-corrected chi connectivity index (χ2v) is 7.98. The smallest absolute Gasteiger partial charge is 0.410 e. The van der Waals surface area contributed by atoms with Crippen molar-refractivity contribution in [2.45, 2.75) is 44.8 Å². The summed E-state index contributed by atoms with van der Waals surface area (Å²) >= 11 is 0. The molecule has 7 heteroatoms. The molecule has 1 fully saturated rings. The lowest BCUT2D eigenvalue weighted by Crippen LogP contribution is -2.56. The zero-order chi connectivity index (χ0) is 18.9. The van der Waals surface area contributed by atoms with Gasteiger partial charge in [0.05, 0.1) is 31.1 Å². The van der Waals surface area contributed by atoms with Gasteiger partial charge in [-0.05, 0) is 33.6 Å². The van der Waals surface area contributed by atoms with Crippen LogP contribution < -0.4 is 20.1 Å². The number of ether oxygens (including phenoxy) is 3. The van der Waals surface area contributed by atoms with Gasteiger partial charge < -0.3 is 29.7 Å². The molecule has 0 aliphatic carbocycles. The third kappa shape index (κ3) is 3.76. The maximum atomic E-state index is 12.3. The van der Waals surface area contributed by atoms with Crippen LogP contribution in [0.2, 0.25) is 0 Å². The molecule has 0 saturated carbocycles. The maximum Gasteiger partial charge on any atom is 0.410 e. The van der Waals surface area contributed by atoms with E-state index < -0.39 is 5.60 Å². The molecule has 0 atom stereocenters. The van der Waals surface area contributed by atoms with E-state index in [1.165, 1.54) is 0 Å². The number of piperidine rings is 1. The van der Waals surface area contributed by atoms with Crippen molar-refractivity contribution in [2.75, 3.05) is 44.5 Å². The SMILES string of the molecule is COc1cc2c(cc1OC)NC1(CCN(C(=O)OC(C)(C)C)CC1)CN2. The number of amides is 1. The lowest BCUT2D eigenvalue weighted by atomic mass is 9.85. The Balaban J connectivity index is 1.68. The highest BCUT2D eigenvalue weighted by Crippen LogP contribution is 2.42. The quantitative estimate of drug-likeness (QED) is 0.840. The molecule has 1 spiro atoms. The van der Waals surface area contributed by atoms with Gasteiger partial charge in [-0.25, -0.2) is 4.79 Å². The third-order valence-electron chi connectivity index (χ3n) is 4.91. The van der Waals surface area contributed by atoms with Crippen molar-refractivity contribution in [1.82, 2.24) is 4.90 Å². The fraction of sp³-hybridized carbons (Fsp3) is 0.632. The molecule has 1 amide bonds. The highest BCUT2D eigenvalue weighted by Gasteiger charge is 2.39. The Morgan fingerprint density at radius 1 is 1.08 bits per heavy atom. The van der Waals surface area contributed by atoms with Crippen LogP contribution in [0.4, 0.5) is 16.2 Å². The van der Waals surface area contributed by atoms with Gasteiger partial charge >= 0.3 is 6.09 Å². The molecule has 3 rings (SSSR count). The van der Waals surface area contributed by atoms with Crippen LogP contribution >= 0.6 is 0 Å². The number of rotatable bonds is 2. The number of fused-ring (bicyclic) bond motifs is 1. The Morgan fingerprint density at radius 2 is 1.65 bits per heavy atom. The van der Waals surface area contributed by atoms with Crippen molar-refractivity contribution in [3.8, 4) is 11.5 Å². The largest absolute Gasteiger partial charge is 0.493 e. The maximum absolute atomic E-state index is 12.3. The number of carbonyl (C=O) groups is 1. The number of methoxy groups -OCH3 is 2. The van der Waals surface area contributed by atoms with E-state index in [2.05, 4.69) is 10.6 Å². The first-order valence-corrected chi connectivity index (χ1v) is 9.01. The molecule has 0 bridgehead atoms. The van der Waals surface area contributed by atoms with Crippen LogP contribution in [0.5, 0.6) is 11.5 Å². The molecule has 0 aromatic heterocycles. The number of nitrogens with zero attached hydrogens (tertiary/aromatic N) is 1. The molecule has 1 saturated heterocycles. The minimum Gasteiger partial charge on any atom is -0.493 e. The fourth-order valence-electron chi connectivity index (χ4n) is 3.47. The summed E-state index contributed by atoms with van der Waals surface area (Å²) in [5.41, 5.74) is 1.46. The zero-order valence-electron chi connectivity index (χ0n) is 16.3. The van der Waals surface area contributed by atoms with Crippen molar-refractivity contribution in [3.05, 3.63) is 12.1 Å². The lowest BCUT2D eigenvalue weighted by molar-refractivity contribution is 0.0181. The minimum absolute atomic E-state index is 0.0783. The first kappa shape index (κ1) is 18.5. The molecule has 1 aromatic rings. The van der Waals surface area contributed by atoms with Crippen LogP contribution in [0.1, 0.15) is 33.6 Å². The van der Waals surface area contributed by atoms with Crippen LogP contribution in [-0.4, -0.2) is 56.0 Å². The van der Waals surface area contributed by atoms with E-state index in [1.54, 1.807) is 19.1 Å². The second-order valence-electron chi connectivity index (χ2n) is 7.98. The predicted octanol–water partition coefficient (Wildman–Crippen LogP) is 3.31. The van der Waals surface area contributed by atoms with Crippen molar-refractivity contribution in [1.29, 1.82) is 0 Å². The van der Waals surface area contributed by atoms with Crippen molar-refractivity contribution in [2.24, 2.45) is 0 Å². The van der Waals surface area contributed by atoms with E-state index in [9.17, 15) is 4.79 Å². The molecule has 0 unspecified atom stereocenters. The van der Waals surface area contributed by atoms with E-state index in [-0.39, 0.29) is 11.6 Å². The monoisotopic (exact) mass is 363 g/mol. The third-order valence-corrected chi connectivity index (χ3v) is 4.91. The van der Waals surface area contributed by atoms with Gasteiger partial charge in [-0.3, -0.25) is 0 Å². The molecule has 2 aliphatic rings. The zero-order valence-corrected chi connectivity index (χ0v) is 16.3. The lowest BCUT2D eigenvalue weighted by Gasteiger charge is -2.46. The molecule has 0 radical (unpaired) electrons. The van der Waals surface area contributed by atoms with Crippen LogP contribution in [0.25, 0.3) is 0 Å². The van der Waals surface area contributed by atoms with E-state index in [0.29, 0.717) is 24.6 Å². The summed E-state index contributed by atoms with van der Waals surface area (Å²) in [6, 6.07) is 3.91. The molecule has 2 heterocycles. The Morgan fingerprint density at radius 3 is 2.19 bits per heavy atom. The average Bonchev–Trinajstić information content (AvgIpc) is 2.59. The molecule has 26 heavy (non-hydrogen) atoms. The van der Waals surface area contributed by atoms with Crippen molar-refractivity contribution >= 4 is 17.5 Å². The van der Waals surface area contributed by atoms with Gasteiger partial charge in [0.1, 0.15) is 5.60 Å². The summed E-state index contributed by atoms with van der Waals surface area (Å²) in [6.45, 7) is 7.82. The highest BCUT2D eigenvalue weighted by atomic mass is 16.6. The molecule has 2 N–H and O–H groups in total. The van der Waals surface area contributed by atoms with E-state index in [4.69, 9.17) is 14.2 Å². The van der Waals surface area contributed by atoms with Gasteiger partial charge in [0, 0.05) is 31.8 Å². The number of carbonyl (C=O) groups excluding carboxylic acids is 1. The van der Waals surface area contributed by atoms with E-state index in [0.717, 1.165) is 30.8 Å². The number of likely N-dealkylation sites (tertiary alicyclic amines) is 1. The first-order chi connectivity index (χ1) is 12.3. The molecule has 7 nitrogen and oxygen atoms in total. The summed E-state index contributed by atoms with van der Waals surface area (Å²) in [5.74, 6) is 1.40. The average molecular weight is 363 g/mol. The normalized spacial score (nSPS) is 18.4. The number of anilines is 2. The Bertz CT molecular complexity index is 676. The number of benzene rings is 1. The predicted molar refractivity (Wildman–Crippen MR) is 101 cm³/mol. The Hall–Kier alpha value is -2.31. The fourth-order valence-corrected chi connectivity index (χ4v) is 3.47. The molecule has 2 aliphatic heterocycles. The highest BCUT2D eigenvalue weighted by molar-refractivity contribution is 5.77. The van der Waals surface area contributed by atoms with Gasteiger partial charge in [-0.2, -0.15) is 0 Å². The summed E-state index contributed by atoms with van der Waals surface area (Å²) in [6.07, 6.45) is 1.47. The van der Waals surface area contributed by atoms with Crippen LogP contribution in [0, 0.1) is 0 Å². The molecule has 1 aromatic carbocycles. The van der Waals surface area contributed by atoms with E-state index in [1.807, 2.05) is 32.9 Å². The van der Waals surface area contributed by atoms with Crippen LogP contribution in [0.3, 0.4) is 0 Å². The Labute approximate surface area is 155 Å². The van der Waals surface area contributed by atoms with Gasteiger partial charge in [-0.15, -0.1) is 0 Å². The van der Waals surface area contributed by atoms with Gasteiger partial charge in [-0.1, -0.05) is 0 Å².